The van der Waals surface area contributed by atoms with Gasteiger partial charge in [0.2, 0.25) is 0 Å². The molecule has 5 heterocycles. The molecule has 0 bridgehead atoms. The summed E-state index contributed by atoms with van der Waals surface area (Å²) in [5.74, 6) is 0.874. The van der Waals surface area contributed by atoms with Crippen molar-refractivity contribution in [3.63, 3.8) is 0 Å². The van der Waals surface area contributed by atoms with Gasteiger partial charge in [-0.1, -0.05) is 162 Å². The molecule has 0 unspecified atom stereocenters. The maximum Gasteiger partial charge on any atom is 0.198 e. The van der Waals surface area contributed by atoms with Crippen molar-refractivity contribution in [2.24, 2.45) is 0 Å². The van der Waals surface area contributed by atoms with Crippen LogP contribution in [0.25, 0.3) is 114 Å². The van der Waals surface area contributed by atoms with Gasteiger partial charge in [0.05, 0.1) is 16.7 Å². The second-order valence-electron chi connectivity index (χ2n) is 21.2. The first-order valence-corrected chi connectivity index (χ1v) is 25.1. The zero-order chi connectivity index (χ0) is 47.2. The number of hydrogen-bond acceptors (Lipinski definition) is 4. The molecular formula is C64H48BN2O2S. The minimum Gasteiger partial charge on any atom is -0.456 e. The fraction of sp³-hybridized carbons (Fsp3) is 0.125. The topological polar surface area (TPSA) is 43.2 Å². The van der Waals surface area contributed by atoms with Crippen molar-refractivity contribution in [1.29, 1.82) is 0 Å². The van der Waals surface area contributed by atoms with Crippen LogP contribution in [0.4, 0.5) is 11.4 Å². The standard InChI is InChI=1S/C64H48BN2O2S/c1-63(2,3)38-25-28-40(29-26-38)66-48-35-53-43(41-21-13-15-23-51(41)68-53)32-44(48)56-57-42-22-14-16-24-54(42)70-62(57)58-45-31-39(64(4,5)6)27-30-49(45)67-50-33-46-52(34-47(50)65-59(56)60(58)67)69-61(37-19-11-8-12-20-37)55(46)36-17-9-7-10-18-36/h7-35,66H,1-6H3. The second kappa shape index (κ2) is 14.9. The number of rotatable bonds is 5. The second-order valence-corrected chi connectivity index (χ2v) is 22.2. The Hall–Kier alpha value is -7.80. The minimum atomic E-state index is -0.0509. The Morgan fingerprint density at radius 2 is 1.19 bits per heavy atom. The Morgan fingerprint density at radius 3 is 1.94 bits per heavy atom. The lowest BCUT2D eigenvalue weighted by atomic mass is 9.58. The number of nitrogens with zero attached hydrogens (tertiary/aromatic N) is 1. The quantitative estimate of drug-likeness (QED) is 0.175. The highest BCUT2D eigenvalue weighted by molar-refractivity contribution is 7.27. The highest BCUT2D eigenvalue weighted by Gasteiger charge is 2.33. The Kier molecular flexibility index (Phi) is 8.74. The Morgan fingerprint density at radius 1 is 0.514 bits per heavy atom. The molecular weight excluding hydrogens is 872 g/mol. The number of hydrogen-bond donors (Lipinski definition) is 1. The monoisotopic (exact) mass is 919 g/mol. The highest BCUT2D eigenvalue weighted by Crippen LogP contribution is 2.51. The number of fused-ring (bicyclic) bond motifs is 13. The third-order valence-electron chi connectivity index (χ3n) is 14.7. The van der Waals surface area contributed by atoms with E-state index < -0.39 is 0 Å². The average Bonchev–Trinajstić information content (AvgIpc) is 4.13. The lowest BCUT2D eigenvalue weighted by Crippen LogP contribution is -2.37. The number of nitrogens with one attached hydrogen (secondary N) is 1. The van der Waals surface area contributed by atoms with Gasteiger partial charge in [0, 0.05) is 81.2 Å². The van der Waals surface area contributed by atoms with Crippen LogP contribution in [0.1, 0.15) is 52.7 Å². The van der Waals surface area contributed by atoms with Gasteiger partial charge in [0.15, 0.2) is 7.28 Å². The predicted octanol–water partition coefficient (Wildman–Crippen LogP) is 17.1. The highest BCUT2D eigenvalue weighted by atomic mass is 32.1. The predicted molar refractivity (Wildman–Crippen MR) is 299 cm³/mol. The maximum atomic E-state index is 7.07. The van der Waals surface area contributed by atoms with Crippen LogP contribution in [0.5, 0.6) is 0 Å². The summed E-state index contributed by atoms with van der Waals surface area (Å²) in [6.07, 6.45) is 0. The number of furan rings is 2. The molecule has 0 aliphatic carbocycles. The van der Waals surface area contributed by atoms with Crippen LogP contribution in [-0.2, 0) is 10.8 Å². The zero-order valence-electron chi connectivity index (χ0n) is 40.0. The van der Waals surface area contributed by atoms with Crippen LogP contribution >= 0.6 is 11.3 Å². The molecule has 1 N–H and O–H groups in total. The van der Waals surface area contributed by atoms with Gasteiger partial charge >= 0.3 is 0 Å². The molecule has 0 atom stereocenters. The van der Waals surface area contributed by atoms with Gasteiger partial charge in [-0.2, -0.15) is 0 Å². The van der Waals surface area contributed by atoms with Gasteiger partial charge in [-0.05, 0) is 93.1 Å². The number of para-hydroxylation sites is 1. The van der Waals surface area contributed by atoms with Gasteiger partial charge < -0.3 is 18.7 Å². The third kappa shape index (κ3) is 6.15. The van der Waals surface area contributed by atoms with Crippen LogP contribution in [0.15, 0.2) is 185 Å². The Labute approximate surface area is 411 Å². The zero-order valence-corrected chi connectivity index (χ0v) is 40.8. The molecule has 0 saturated carbocycles. The lowest BCUT2D eigenvalue weighted by Gasteiger charge is -2.25. The summed E-state index contributed by atoms with van der Waals surface area (Å²) in [6.45, 7) is 13.7. The van der Waals surface area contributed by atoms with Crippen molar-refractivity contribution in [2.75, 3.05) is 5.32 Å². The van der Waals surface area contributed by atoms with Crippen LogP contribution < -0.4 is 16.2 Å². The van der Waals surface area contributed by atoms with Crippen molar-refractivity contribution >= 4 is 116 Å². The number of benzene rings is 9. The van der Waals surface area contributed by atoms with Crippen LogP contribution in [0.3, 0.4) is 0 Å². The maximum absolute atomic E-state index is 7.07. The van der Waals surface area contributed by atoms with E-state index in [1.165, 1.54) is 64.1 Å². The minimum absolute atomic E-state index is 0.0340. The van der Waals surface area contributed by atoms with E-state index in [0.29, 0.717) is 0 Å². The van der Waals surface area contributed by atoms with Crippen molar-refractivity contribution in [1.82, 2.24) is 4.57 Å². The Balaban J connectivity index is 1.14. The summed E-state index contributed by atoms with van der Waals surface area (Å²) >= 11 is 1.91. The van der Waals surface area contributed by atoms with E-state index in [9.17, 15) is 0 Å². The van der Waals surface area contributed by atoms with E-state index in [-0.39, 0.29) is 10.8 Å². The third-order valence-corrected chi connectivity index (χ3v) is 15.9. The van der Waals surface area contributed by atoms with Gasteiger partial charge in [0.25, 0.3) is 0 Å². The summed E-state index contributed by atoms with van der Waals surface area (Å²) in [5.41, 5.74) is 18.6. The van der Waals surface area contributed by atoms with E-state index in [2.05, 4.69) is 235 Å². The molecule has 1 aliphatic heterocycles. The first-order chi connectivity index (χ1) is 34.0. The van der Waals surface area contributed by atoms with Crippen molar-refractivity contribution in [3.8, 4) is 39.3 Å². The number of anilines is 2. The van der Waals surface area contributed by atoms with Gasteiger partial charge in [-0.15, -0.1) is 11.3 Å². The SMILES string of the molecule is CC(C)(C)c1ccc(Nc2cc3oc4ccccc4c3cc2-c2c3c4c(c5cc(C(C)(C)C)ccc5n4-c4cc5c(-c6ccccc6)c(-c6ccccc6)oc5cc4[B]3)c3sc4ccccc4c23)cc1. The van der Waals surface area contributed by atoms with Crippen LogP contribution in [0.2, 0.25) is 0 Å². The van der Waals surface area contributed by atoms with Crippen LogP contribution in [-0.4, -0.2) is 11.8 Å². The van der Waals surface area contributed by atoms with Crippen molar-refractivity contribution in [3.05, 3.63) is 187 Å². The fourth-order valence-corrected chi connectivity index (χ4v) is 12.5. The smallest absolute Gasteiger partial charge is 0.198 e. The first-order valence-electron chi connectivity index (χ1n) is 24.3. The molecule has 1 aliphatic rings. The normalized spacial score (nSPS) is 12.8. The molecule has 6 heteroatoms. The molecule has 13 aromatic rings. The summed E-state index contributed by atoms with van der Waals surface area (Å²) in [5, 5.41) is 12.3. The molecule has 4 aromatic heterocycles. The number of aromatic nitrogens is 1. The molecule has 4 nitrogen and oxygen atoms in total. The fourth-order valence-electron chi connectivity index (χ4n) is 11.2. The summed E-state index contributed by atoms with van der Waals surface area (Å²) < 4.78 is 18.9. The van der Waals surface area contributed by atoms with E-state index in [4.69, 9.17) is 8.83 Å². The molecule has 335 valence electrons. The van der Waals surface area contributed by atoms with Gasteiger partial charge in [0.1, 0.15) is 22.5 Å². The molecule has 14 rings (SSSR count). The molecule has 9 aromatic carbocycles. The number of thiophene rings is 1. The summed E-state index contributed by atoms with van der Waals surface area (Å²) in [7, 11) is 2.45. The van der Waals surface area contributed by atoms with Gasteiger partial charge in [-0.25, -0.2) is 0 Å². The van der Waals surface area contributed by atoms with E-state index >= 15 is 0 Å². The van der Waals surface area contributed by atoms with Crippen molar-refractivity contribution < 1.29 is 8.83 Å². The molecule has 0 fully saturated rings. The molecule has 1 radical (unpaired) electrons. The first kappa shape index (κ1) is 41.2. The largest absolute Gasteiger partial charge is 0.456 e. The van der Waals surface area contributed by atoms with Gasteiger partial charge in [-0.3, -0.25) is 0 Å². The van der Waals surface area contributed by atoms with E-state index in [1.807, 2.05) is 11.3 Å². The summed E-state index contributed by atoms with van der Waals surface area (Å²) in [6, 6.07) is 64.1. The molecule has 70 heavy (non-hydrogen) atoms. The molecule has 0 saturated heterocycles. The van der Waals surface area contributed by atoms with Crippen LogP contribution in [0, 0.1) is 0 Å². The molecule has 0 spiro atoms. The van der Waals surface area contributed by atoms with Crippen molar-refractivity contribution in [2.45, 2.75) is 52.4 Å². The Bertz CT molecular complexity index is 4290. The lowest BCUT2D eigenvalue weighted by molar-refractivity contribution is 0.590. The average molecular weight is 920 g/mol. The summed E-state index contributed by atoms with van der Waals surface area (Å²) in [4.78, 5) is 0. The molecule has 0 amide bonds. The van der Waals surface area contributed by atoms with E-state index in [0.717, 1.165) is 83.4 Å². The van der Waals surface area contributed by atoms with E-state index in [1.54, 1.807) is 0 Å².